The molecule has 46 valence electrons. The predicted octanol–water partition coefficient (Wildman–Crippen LogP) is 0.797. The third kappa shape index (κ3) is 1.57. The molecular formula is C6H7N3. The number of rotatable bonds is 2. The molecule has 0 amide bonds. The summed E-state index contributed by atoms with van der Waals surface area (Å²) in [6.45, 7) is 0.698. The molecule has 0 aliphatic heterocycles. The molecule has 0 radical (unpaired) electrons. The minimum atomic E-state index is 0.529. The molecule has 0 fully saturated rings. The van der Waals surface area contributed by atoms with Crippen molar-refractivity contribution in [2.75, 3.05) is 0 Å². The number of aryl methyl sites for hydroxylation is 1. The molecule has 3 nitrogen and oxygen atoms in total. The summed E-state index contributed by atoms with van der Waals surface area (Å²) in [6.07, 6.45) is 4.08. The molecule has 0 saturated carbocycles. The van der Waals surface area contributed by atoms with Crippen LogP contribution in [0.3, 0.4) is 0 Å². The molecule has 0 N–H and O–H groups in total. The summed E-state index contributed by atoms with van der Waals surface area (Å²) in [5.41, 5.74) is 0. The van der Waals surface area contributed by atoms with Crippen LogP contribution in [0, 0.1) is 11.3 Å². The summed E-state index contributed by atoms with van der Waals surface area (Å²) in [7, 11) is 0. The molecule has 0 atom stereocenters. The van der Waals surface area contributed by atoms with Crippen LogP contribution in [0.5, 0.6) is 0 Å². The fraction of sp³-hybridized carbons (Fsp3) is 0.333. The topological polar surface area (TPSA) is 41.6 Å². The van der Waals surface area contributed by atoms with E-state index in [0.717, 1.165) is 0 Å². The van der Waals surface area contributed by atoms with Crippen molar-refractivity contribution >= 4 is 0 Å². The van der Waals surface area contributed by atoms with Gasteiger partial charge in [-0.3, -0.25) is 4.68 Å². The van der Waals surface area contributed by atoms with E-state index in [1.807, 2.05) is 18.3 Å². The highest BCUT2D eigenvalue weighted by Crippen LogP contribution is 1.86. The molecule has 1 aromatic heterocycles. The quantitative estimate of drug-likeness (QED) is 0.580. The van der Waals surface area contributed by atoms with Gasteiger partial charge in [0.15, 0.2) is 0 Å². The van der Waals surface area contributed by atoms with E-state index in [9.17, 15) is 0 Å². The molecule has 1 heterocycles. The van der Waals surface area contributed by atoms with Gasteiger partial charge >= 0.3 is 0 Å². The first kappa shape index (κ1) is 5.83. The van der Waals surface area contributed by atoms with Crippen molar-refractivity contribution in [2.45, 2.75) is 13.0 Å². The standard InChI is InChI=1S/C6H7N3/c7-3-1-5-9-6-2-4-8-9/h2,4,6H,1,5H2. The van der Waals surface area contributed by atoms with Crippen LogP contribution in [0.1, 0.15) is 6.42 Å². The van der Waals surface area contributed by atoms with Crippen LogP contribution in [0.25, 0.3) is 0 Å². The van der Waals surface area contributed by atoms with E-state index >= 15 is 0 Å². The van der Waals surface area contributed by atoms with E-state index < -0.39 is 0 Å². The van der Waals surface area contributed by atoms with Gasteiger partial charge in [0, 0.05) is 12.4 Å². The van der Waals surface area contributed by atoms with Crippen LogP contribution >= 0.6 is 0 Å². The van der Waals surface area contributed by atoms with Crippen molar-refractivity contribution in [1.82, 2.24) is 9.78 Å². The molecule has 0 aromatic carbocycles. The van der Waals surface area contributed by atoms with E-state index in [1.54, 1.807) is 10.9 Å². The maximum atomic E-state index is 8.17. The second-order valence-corrected chi connectivity index (χ2v) is 1.68. The Balaban J connectivity index is 2.41. The first-order chi connectivity index (χ1) is 4.43. The lowest BCUT2D eigenvalue weighted by molar-refractivity contribution is 0.628. The van der Waals surface area contributed by atoms with E-state index in [4.69, 9.17) is 5.26 Å². The smallest absolute Gasteiger partial charge is 0.0641 e. The van der Waals surface area contributed by atoms with Gasteiger partial charge in [0.2, 0.25) is 0 Å². The molecule has 0 spiro atoms. The number of hydrogen-bond donors (Lipinski definition) is 0. The molecule has 1 aromatic rings. The monoisotopic (exact) mass is 121 g/mol. The highest BCUT2D eigenvalue weighted by molar-refractivity contribution is 4.79. The van der Waals surface area contributed by atoms with Gasteiger partial charge in [-0.05, 0) is 6.07 Å². The summed E-state index contributed by atoms with van der Waals surface area (Å²) in [5, 5.41) is 12.1. The zero-order chi connectivity index (χ0) is 6.53. The van der Waals surface area contributed by atoms with Gasteiger partial charge in [-0.15, -0.1) is 0 Å². The third-order valence-corrected chi connectivity index (χ3v) is 1.01. The number of hydrogen-bond acceptors (Lipinski definition) is 2. The Morgan fingerprint density at radius 3 is 3.11 bits per heavy atom. The summed E-state index contributed by atoms with van der Waals surface area (Å²) >= 11 is 0. The summed E-state index contributed by atoms with van der Waals surface area (Å²) in [5.74, 6) is 0. The van der Waals surface area contributed by atoms with Crippen LogP contribution in [-0.4, -0.2) is 9.78 Å². The zero-order valence-corrected chi connectivity index (χ0v) is 4.99. The van der Waals surface area contributed by atoms with Crippen molar-refractivity contribution < 1.29 is 0 Å². The van der Waals surface area contributed by atoms with Gasteiger partial charge in [-0.25, -0.2) is 0 Å². The molecule has 0 unspecified atom stereocenters. The van der Waals surface area contributed by atoms with Crippen molar-refractivity contribution in [2.24, 2.45) is 0 Å². The lowest BCUT2D eigenvalue weighted by atomic mass is 10.5. The average molecular weight is 121 g/mol. The first-order valence-corrected chi connectivity index (χ1v) is 2.78. The fourth-order valence-corrected chi connectivity index (χ4v) is 0.597. The molecule has 1 rings (SSSR count). The van der Waals surface area contributed by atoms with Crippen molar-refractivity contribution in [3.05, 3.63) is 18.5 Å². The maximum absolute atomic E-state index is 8.17. The van der Waals surface area contributed by atoms with Crippen LogP contribution in [0.2, 0.25) is 0 Å². The largest absolute Gasteiger partial charge is 0.272 e. The van der Waals surface area contributed by atoms with Crippen LogP contribution in [0.4, 0.5) is 0 Å². The maximum Gasteiger partial charge on any atom is 0.0641 e. The Labute approximate surface area is 53.5 Å². The van der Waals surface area contributed by atoms with E-state index in [0.29, 0.717) is 13.0 Å². The van der Waals surface area contributed by atoms with Crippen LogP contribution in [0.15, 0.2) is 18.5 Å². The number of aromatic nitrogens is 2. The fourth-order valence-electron chi connectivity index (χ4n) is 0.597. The van der Waals surface area contributed by atoms with Crippen molar-refractivity contribution in [1.29, 1.82) is 5.26 Å². The van der Waals surface area contributed by atoms with Crippen molar-refractivity contribution in [3.63, 3.8) is 0 Å². The number of nitriles is 1. The Hall–Kier alpha value is -1.30. The normalized spacial score (nSPS) is 8.78. The predicted molar refractivity (Wildman–Crippen MR) is 32.5 cm³/mol. The molecule has 0 bridgehead atoms. The highest BCUT2D eigenvalue weighted by Gasteiger charge is 1.85. The van der Waals surface area contributed by atoms with Gasteiger partial charge in [-0.2, -0.15) is 10.4 Å². The van der Waals surface area contributed by atoms with Crippen molar-refractivity contribution in [3.8, 4) is 6.07 Å². The summed E-state index contributed by atoms with van der Waals surface area (Å²) in [6, 6.07) is 3.89. The second kappa shape index (κ2) is 2.88. The minimum Gasteiger partial charge on any atom is -0.272 e. The lowest BCUT2D eigenvalue weighted by Crippen LogP contribution is -1.95. The van der Waals surface area contributed by atoms with Gasteiger partial charge in [-0.1, -0.05) is 0 Å². The van der Waals surface area contributed by atoms with Gasteiger partial charge in [0.25, 0.3) is 0 Å². The van der Waals surface area contributed by atoms with Gasteiger partial charge in [0.1, 0.15) is 0 Å². The SMILES string of the molecule is N#CCCn1cccn1. The van der Waals surface area contributed by atoms with Gasteiger partial charge < -0.3 is 0 Å². The minimum absolute atomic E-state index is 0.529. The van der Waals surface area contributed by atoms with E-state index in [-0.39, 0.29) is 0 Å². The molecule has 9 heavy (non-hydrogen) atoms. The summed E-state index contributed by atoms with van der Waals surface area (Å²) in [4.78, 5) is 0. The Bertz CT molecular complexity index is 195. The molecule has 0 aliphatic carbocycles. The van der Waals surface area contributed by atoms with Gasteiger partial charge in [0.05, 0.1) is 19.0 Å². The average Bonchev–Trinajstić information content (AvgIpc) is 2.34. The zero-order valence-electron chi connectivity index (χ0n) is 4.99. The molecule has 0 saturated heterocycles. The van der Waals surface area contributed by atoms with E-state index in [2.05, 4.69) is 5.10 Å². The third-order valence-electron chi connectivity index (χ3n) is 1.01. The van der Waals surface area contributed by atoms with Crippen LogP contribution < -0.4 is 0 Å². The molecule has 0 aliphatic rings. The summed E-state index contributed by atoms with van der Waals surface area (Å²) < 4.78 is 1.74. The molecule has 3 heteroatoms. The highest BCUT2D eigenvalue weighted by atomic mass is 15.3. The second-order valence-electron chi connectivity index (χ2n) is 1.68. The lowest BCUT2D eigenvalue weighted by Gasteiger charge is -1.91. The number of nitrogens with zero attached hydrogens (tertiary/aromatic N) is 3. The molecular weight excluding hydrogens is 114 g/mol. The van der Waals surface area contributed by atoms with E-state index in [1.165, 1.54) is 0 Å². The first-order valence-electron chi connectivity index (χ1n) is 2.78. The van der Waals surface area contributed by atoms with Crippen LogP contribution in [-0.2, 0) is 6.54 Å². The Morgan fingerprint density at radius 2 is 2.56 bits per heavy atom. The Morgan fingerprint density at radius 1 is 1.67 bits per heavy atom. The Kier molecular flexibility index (Phi) is 1.86.